The van der Waals surface area contributed by atoms with Crippen LogP contribution in [0, 0.1) is 5.92 Å². The Labute approximate surface area is 178 Å². The third-order valence-electron chi connectivity index (χ3n) is 5.21. The second-order valence-corrected chi connectivity index (χ2v) is 8.56. The number of nitrogens with one attached hydrogen (secondary N) is 1. The molecule has 1 atom stereocenters. The van der Waals surface area contributed by atoms with E-state index in [4.69, 9.17) is 4.74 Å². The van der Waals surface area contributed by atoms with E-state index in [-0.39, 0.29) is 18.0 Å². The average Bonchev–Trinajstić information content (AvgIpc) is 3.10. The van der Waals surface area contributed by atoms with Gasteiger partial charge in [0.15, 0.2) is 0 Å². The maximum absolute atomic E-state index is 13.0. The number of benzene rings is 1. The lowest BCUT2D eigenvalue weighted by atomic mass is 9.89. The van der Waals surface area contributed by atoms with Crippen LogP contribution in [-0.4, -0.2) is 28.3 Å². The molecule has 0 bridgehead atoms. The first-order valence-electron chi connectivity index (χ1n) is 10.1. The fourth-order valence-electron chi connectivity index (χ4n) is 3.72. The summed E-state index contributed by atoms with van der Waals surface area (Å²) in [4.78, 5) is 31.8. The lowest BCUT2D eigenvalue weighted by molar-refractivity contribution is -0.121. The van der Waals surface area contributed by atoms with Gasteiger partial charge in [0.2, 0.25) is 0 Å². The molecule has 3 aromatic rings. The van der Waals surface area contributed by atoms with Crippen LogP contribution in [0.1, 0.15) is 36.3 Å². The molecule has 1 aliphatic rings. The number of carbonyl (C=O) groups is 1. The van der Waals surface area contributed by atoms with Crippen LogP contribution in [0.25, 0.3) is 10.2 Å². The van der Waals surface area contributed by atoms with Crippen molar-refractivity contribution in [3.05, 3.63) is 57.0 Å². The number of hydrogen-bond acceptors (Lipinski definition) is 6. The van der Waals surface area contributed by atoms with E-state index in [1.165, 1.54) is 22.0 Å². The fourth-order valence-corrected chi connectivity index (χ4v) is 5.06. The lowest BCUT2D eigenvalue weighted by Crippen LogP contribution is -2.30. The van der Waals surface area contributed by atoms with E-state index in [2.05, 4.69) is 22.4 Å². The number of rotatable bonds is 6. The Kier molecular flexibility index (Phi) is 5.94. The SMILES string of the molecule is CCOc1ccccc1/C=N/NC(=O)Cn1cnc2sc3c(c2c1=O)CC[C@H](C)C3. The number of ether oxygens (including phenoxy) is 1. The van der Waals surface area contributed by atoms with Gasteiger partial charge in [0.05, 0.1) is 24.5 Å². The molecule has 2 aromatic heterocycles. The molecule has 156 valence electrons. The Bertz CT molecular complexity index is 1160. The van der Waals surface area contributed by atoms with Gasteiger partial charge in [-0.1, -0.05) is 19.1 Å². The van der Waals surface area contributed by atoms with E-state index in [1.807, 2.05) is 31.2 Å². The van der Waals surface area contributed by atoms with Crippen molar-refractivity contribution in [2.24, 2.45) is 11.0 Å². The highest BCUT2D eigenvalue weighted by molar-refractivity contribution is 7.18. The predicted molar refractivity (Wildman–Crippen MR) is 118 cm³/mol. The highest BCUT2D eigenvalue weighted by Crippen LogP contribution is 2.35. The molecule has 1 aliphatic carbocycles. The van der Waals surface area contributed by atoms with Crippen molar-refractivity contribution < 1.29 is 9.53 Å². The van der Waals surface area contributed by atoms with Crippen molar-refractivity contribution in [1.82, 2.24) is 15.0 Å². The molecule has 4 rings (SSSR count). The summed E-state index contributed by atoms with van der Waals surface area (Å²) >= 11 is 1.60. The van der Waals surface area contributed by atoms with Crippen LogP contribution in [0.3, 0.4) is 0 Å². The Hall–Kier alpha value is -3.00. The van der Waals surface area contributed by atoms with Crippen LogP contribution in [0.2, 0.25) is 0 Å². The van der Waals surface area contributed by atoms with E-state index in [9.17, 15) is 9.59 Å². The molecule has 0 unspecified atom stereocenters. The zero-order valence-corrected chi connectivity index (χ0v) is 17.9. The van der Waals surface area contributed by atoms with E-state index in [1.54, 1.807) is 11.3 Å². The van der Waals surface area contributed by atoms with Gasteiger partial charge in [0, 0.05) is 10.4 Å². The second kappa shape index (κ2) is 8.79. The third-order valence-corrected chi connectivity index (χ3v) is 6.37. The number of carbonyl (C=O) groups excluding carboxylic acids is 1. The minimum Gasteiger partial charge on any atom is -0.493 e. The minimum atomic E-state index is -0.388. The van der Waals surface area contributed by atoms with Gasteiger partial charge in [0.1, 0.15) is 17.1 Å². The fraction of sp³-hybridized carbons (Fsp3) is 0.364. The van der Waals surface area contributed by atoms with Gasteiger partial charge in [-0.15, -0.1) is 11.3 Å². The van der Waals surface area contributed by atoms with Crippen molar-refractivity contribution in [2.75, 3.05) is 6.61 Å². The maximum atomic E-state index is 13.0. The van der Waals surface area contributed by atoms with Gasteiger partial charge in [-0.3, -0.25) is 14.2 Å². The van der Waals surface area contributed by atoms with E-state index < -0.39 is 0 Å². The minimum absolute atomic E-state index is 0.132. The molecule has 8 heteroatoms. The normalized spacial score (nSPS) is 16.0. The van der Waals surface area contributed by atoms with Crippen LogP contribution < -0.4 is 15.7 Å². The van der Waals surface area contributed by atoms with Crippen molar-refractivity contribution in [3.63, 3.8) is 0 Å². The summed E-state index contributed by atoms with van der Waals surface area (Å²) in [5, 5.41) is 4.68. The van der Waals surface area contributed by atoms with Crippen molar-refractivity contribution >= 4 is 33.7 Å². The molecule has 0 saturated heterocycles. The standard InChI is InChI=1S/C22H24N4O3S/c1-3-29-17-7-5-4-6-15(17)11-24-25-19(27)12-26-13-23-21-20(22(26)28)16-9-8-14(2)10-18(16)30-21/h4-7,11,13-14H,3,8-10,12H2,1-2H3,(H,25,27)/b24-11+/t14-/m0/s1. The highest BCUT2D eigenvalue weighted by Gasteiger charge is 2.23. The predicted octanol–water partition coefficient (Wildman–Crippen LogP) is 3.13. The van der Waals surface area contributed by atoms with E-state index in [0.717, 1.165) is 35.2 Å². The number of para-hydroxylation sites is 1. The van der Waals surface area contributed by atoms with Gasteiger partial charge >= 0.3 is 0 Å². The first-order chi connectivity index (χ1) is 14.6. The summed E-state index contributed by atoms with van der Waals surface area (Å²) in [6.45, 7) is 4.55. The monoisotopic (exact) mass is 424 g/mol. The Morgan fingerprint density at radius 1 is 1.43 bits per heavy atom. The molecule has 0 radical (unpaired) electrons. The molecule has 2 heterocycles. The van der Waals surface area contributed by atoms with Crippen LogP contribution in [-0.2, 0) is 24.2 Å². The first-order valence-corrected chi connectivity index (χ1v) is 10.9. The van der Waals surface area contributed by atoms with Gasteiger partial charge < -0.3 is 4.74 Å². The molecular weight excluding hydrogens is 400 g/mol. The molecule has 30 heavy (non-hydrogen) atoms. The Balaban J connectivity index is 1.49. The molecule has 1 N–H and O–H groups in total. The van der Waals surface area contributed by atoms with Crippen molar-refractivity contribution in [2.45, 2.75) is 39.7 Å². The Morgan fingerprint density at radius 3 is 3.10 bits per heavy atom. The zero-order chi connectivity index (χ0) is 21.1. The van der Waals surface area contributed by atoms with Crippen molar-refractivity contribution in [1.29, 1.82) is 0 Å². The molecule has 0 fully saturated rings. The number of aromatic nitrogens is 2. The molecular formula is C22H24N4O3S. The zero-order valence-electron chi connectivity index (χ0n) is 17.1. The van der Waals surface area contributed by atoms with E-state index in [0.29, 0.717) is 23.7 Å². The molecule has 1 amide bonds. The summed E-state index contributed by atoms with van der Waals surface area (Å²) in [7, 11) is 0. The summed E-state index contributed by atoms with van der Waals surface area (Å²) in [5.74, 6) is 0.936. The number of hydrogen-bond donors (Lipinski definition) is 1. The number of nitrogens with zero attached hydrogens (tertiary/aromatic N) is 3. The summed E-state index contributed by atoms with van der Waals surface area (Å²) in [5.41, 5.74) is 4.20. The highest BCUT2D eigenvalue weighted by atomic mass is 32.1. The molecule has 0 spiro atoms. The number of amides is 1. The van der Waals surface area contributed by atoms with Gasteiger partial charge in [-0.2, -0.15) is 5.10 Å². The quantitative estimate of drug-likeness (QED) is 0.487. The first kappa shape index (κ1) is 20.3. The van der Waals surface area contributed by atoms with Crippen LogP contribution >= 0.6 is 11.3 Å². The molecule has 7 nitrogen and oxygen atoms in total. The molecule has 1 aromatic carbocycles. The third kappa shape index (κ3) is 4.14. The van der Waals surface area contributed by atoms with Gasteiger partial charge in [0.25, 0.3) is 11.5 Å². The van der Waals surface area contributed by atoms with E-state index >= 15 is 0 Å². The van der Waals surface area contributed by atoms with Crippen LogP contribution in [0.4, 0.5) is 0 Å². The number of thiophene rings is 1. The summed E-state index contributed by atoms with van der Waals surface area (Å²) in [6.07, 6.45) is 5.94. The average molecular weight is 425 g/mol. The van der Waals surface area contributed by atoms with Gasteiger partial charge in [-0.25, -0.2) is 10.4 Å². The summed E-state index contributed by atoms with van der Waals surface area (Å²) < 4.78 is 6.89. The number of fused-ring (bicyclic) bond motifs is 3. The maximum Gasteiger partial charge on any atom is 0.262 e. The van der Waals surface area contributed by atoms with Crippen LogP contribution in [0.5, 0.6) is 5.75 Å². The number of hydrazone groups is 1. The van der Waals surface area contributed by atoms with Gasteiger partial charge in [-0.05, 0) is 49.8 Å². The Morgan fingerprint density at radius 2 is 2.27 bits per heavy atom. The van der Waals surface area contributed by atoms with Crippen molar-refractivity contribution in [3.8, 4) is 5.75 Å². The van der Waals surface area contributed by atoms with Crippen LogP contribution in [0.15, 0.2) is 40.5 Å². The summed E-state index contributed by atoms with van der Waals surface area (Å²) in [6, 6.07) is 7.44. The topological polar surface area (TPSA) is 85.6 Å². The largest absolute Gasteiger partial charge is 0.493 e. The molecule has 0 saturated carbocycles. The molecule has 0 aliphatic heterocycles. The second-order valence-electron chi connectivity index (χ2n) is 7.47. The lowest BCUT2D eigenvalue weighted by Gasteiger charge is -2.17. The number of aryl methyl sites for hydroxylation is 1. The smallest absolute Gasteiger partial charge is 0.262 e.